The van der Waals surface area contributed by atoms with Gasteiger partial charge < -0.3 is 5.73 Å². The zero-order chi connectivity index (χ0) is 8.10. The third-order valence-electron chi connectivity index (χ3n) is 2.27. The number of nitrogens with zero attached hydrogens (tertiary/aromatic N) is 1. The summed E-state index contributed by atoms with van der Waals surface area (Å²) >= 11 is 1.95. The highest BCUT2D eigenvalue weighted by molar-refractivity contribution is 7.98. The monoisotopic (exact) mass is 174 g/mol. The minimum absolute atomic E-state index is 0.810. The molecule has 2 N–H and O–H groups in total. The van der Waals surface area contributed by atoms with E-state index in [4.69, 9.17) is 5.73 Å². The summed E-state index contributed by atoms with van der Waals surface area (Å²) in [6.45, 7) is 3.17. The van der Waals surface area contributed by atoms with E-state index in [9.17, 15) is 0 Å². The second-order valence-electron chi connectivity index (χ2n) is 3.08. The molecule has 0 amide bonds. The second kappa shape index (κ2) is 5.01. The lowest BCUT2D eigenvalue weighted by Crippen LogP contribution is -2.35. The summed E-state index contributed by atoms with van der Waals surface area (Å²) in [6.07, 6.45) is 4.92. The van der Waals surface area contributed by atoms with E-state index in [2.05, 4.69) is 11.2 Å². The van der Waals surface area contributed by atoms with Crippen LogP contribution in [0, 0.1) is 0 Å². The smallest absolute Gasteiger partial charge is 0.0187 e. The van der Waals surface area contributed by atoms with Gasteiger partial charge in [0.15, 0.2) is 0 Å². The quantitative estimate of drug-likeness (QED) is 0.683. The van der Waals surface area contributed by atoms with E-state index in [0.29, 0.717) is 0 Å². The molecule has 1 heterocycles. The lowest BCUT2D eigenvalue weighted by Gasteiger charge is -2.22. The molecule has 0 aromatic carbocycles. The molecule has 1 unspecified atom stereocenters. The third-order valence-corrected chi connectivity index (χ3v) is 2.99. The summed E-state index contributed by atoms with van der Waals surface area (Å²) in [4.78, 5) is 2.52. The third kappa shape index (κ3) is 2.65. The highest BCUT2D eigenvalue weighted by atomic mass is 32.2. The molecule has 0 aromatic rings. The molecule has 66 valence electrons. The first-order chi connectivity index (χ1) is 5.38. The first-order valence-electron chi connectivity index (χ1n) is 4.31. The first-order valence-corrected chi connectivity index (χ1v) is 5.71. The molecule has 1 atom stereocenters. The van der Waals surface area contributed by atoms with Crippen molar-refractivity contribution in [1.29, 1.82) is 0 Å². The van der Waals surface area contributed by atoms with Crippen LogP contribution in [-0.4, -0.2) is 42.6 Å². The molecule has 1 rings (SSSR count). The van der Waals surface area contributed by atoms with E-state index >= 15 is 0 Å². The number of hydrogen-bond acceptors (Lipinski definition) is 3. The van der Waals surface area contributed by atoms with Gasteiger partial charge in [-0.25, -0.2) is 0 Å². The first kappa shape index (κ1) is 9.36. The van der Waals surface area contributed by atoms with Crippen LogP contribution < -0.4 is 5.73 Å². The number of nitrogens with two attached hydrogens (primary N) is 1. The standard InChI is InChI=1S/C8H18N2S/c1-11-7-8-3-2-5-10(8)6-4-9/h8H,2-7,9H2,1H3. The van der Waals surface area contributed by atoms with Crippen molar-refractivity contribution in [1.82, 2.24) is 4.90 Å². The average Bonchev–Trinajstić information content (AvgIpc) is 2.39. The molecule has 0 spiro atoms. The predicted octanol–water partition coefficient (Wildman–Crippen LogP) is 0.772. The van der Waals surface area contributed by atoms with Crippen molar-refractivity contribution in [3.8, 4) is 0 Å². The number of likely N-dealkylation sites (tertiary alicyclic amines) is 1. The maximum atomic E-state index is 5.52. The van der Waals surface area contributed by atoms with Crippen LogP contribution in [0.15, 0.2) is 0 Å². The van der Waals surface area contributed by atoms with E-state index in [-0.39, 0.29) is 0 Å². The Balaban J connectivity index is 2.25. The Morgan fingerprint density at radius 1 is 1.64 bits per heavy atom. The zero-order valence-corrected chi connectivity index (χ0v) is 8.07. The highest BCUT2D eigenvalue weighted by Crippen LogP contribution is 2.18. The maximum absolute atomic E-state index is 5.52. The summed E-state index contributed by atoms with van der Waals surface area (Å²) in [5.41, 5.74) is 5.52. The van der Waals surface area contributed by atoms with Gasteiger partial charge in [-0.2, -0.15) is 11.8 Å². The van der Waals surface area contributed by atoms with Gasteiger partial charge in [-0.3, -0.25) is 4.90 Å². The average molecular weight is 174 g/mol. The molecule has 1 aliphatic heterocycles. The van der Waals surface area contributed by atoms with E-state index in [1.165, 1.54) is 25.1 Å². The summed E-state index contributed by atoms with van der Waals surface area (Å²) in [5.74, 6) is 1.28. The van der Waals surface area contributed by atoms with Crippen LogP contribution in [0.3, 0.4) is 0 Å². The largest absolute Gasteiger partial charge is 0.329 e. The van der Waals surface area contributed by atoms with Gasteiger partial charge >= 0.3 is 0 Å². The molecule has 3 heteroatoms. The van der Waals surface area contributed by atoms with E-state index < -0.39 is 0 Å². The van der Waals surface area contributed by atoms with Gasteiger partial charge in [0.25, 0.3) is 0 Å². The van der Waals surface area contributed by atoms with Crippen molar-refractivity contribution in [3.63, 3.8) is 0 Å². The van der Waals surface area contributed by atoms with Crippen LogP contribution in [0.4, 0.5) is 0 Å². The Kier molecular flexibility index (Phi) is 4.26. The summed E-state index contributed by atoms with van der Waals surface area (Å²) in [6, 6.07) is 0.813. The van der Waals surface area contributed by atoms with Gasteiger partial charge in [0.2, 0.25) is 0 Å². The molecule has 1 aliphatic rings. The normalized spacial score (nSPS) is 26.2. The van der Waals surface area contributed by atoms with Crippen LogP contribution in [-0.2, 0) is 0 Å². The number of hydrogen-bond donors (Lipinski definition) is 1. The minimum Gasteiger partial charge on any atom is -0.329 e. The lowest BCUT2D eigenvalue weighted by atomic mass is 10.2. The van der Waals surface area contributed by atoms with Gasteiger partial charge in [0.05, 0.1) is 0 Å². The van der Waals surface area contributed by atoms with Crippen molar-refractivity contribution in [2.75, 3.05) is 31.6 Å². The Labute approximate surface area is 73.5 Å². The van der Waals surface area contributed by atoms with Gasteiger partial charge in [-0.05, 0) is 25.6 Å². The molecule has 1 saturated heterocycles. The van der Waals surface area contributed by atoms with Crippen LogP contribution in [0.2, 0.25) is 0 Å². The Hall–Kier alpha value is 0.270. The maximum Gasteiger partial charge on any atom is 0.0187 e. The van der Waals surface area contributed by atoms with Crippen LogP contribution >= 0.6 is 11.8 Å². The van der Waals surface area contributed by atoms with Crippen molar-refractivity contribution in [2.24, 2.45) is 5.73 Å². The fourth-order valence-corrected chi connectivity index (χ4v) is 2.50. The summed E-state index contributed by atoms with van der Waals surface area (Å²) in [5, 5.41) is 0. The van der Waals surface area contributed by atoms with E-state index in [1.807, 2.05) is 11.8 Å². The molecule has 11 heavy (non-hydrogen) atoms. The molecular formula is C8H18N2S. The molecule has 2 nitrogen and oxygen atoms in total. The molecule has 0 radical (unpaired) electrons. The van der Waals surface area contributed by atoms with Crippen LogP contribution in [0.1, 0.15) is 12.8 Å². The van der Waals surface area contributed by atoms with Crippen molar-refractivity contribution < 1.29 is 0 Å². The van der Waals surface area contributed by atoms with Crippen molar-refractivity contribution in [2.45, 2.75) is 18.9 Å². The molecule has 0 saturated carbocycles. The van der Waals surface area contributed by atoms with Crippen LogP contribution in [0.25, 0.3) is 0 Å². The Bertz CT molecular complexity index is 96.3. The number of rotatable bonds is 4. The van der Waals surface area contributed by atoms with E-state index in [1.54, 1.807) is 0 Å². The summed E-state index contributed by atoms with van der Waals surface area (Å²) in [7, 11) is 0. The minimum atomic E-state index is 0.810. The molecule has 0 bridgehead atoms. The number of thioether (sulfide) groups is 1. The van der Waals surface area contributed by atoms with Gasteiger partial charge in [0, 0.05) is 24.9 Å². The molecule has 0 aliphatic carbocycles. The Morgan fingerprint density at radius 3 is 3.09 bits per heavy atom. The lowest BCUT2D eigenvalue weighted by molar-refractivity contribution is 0.280. The SMILES string of the molecule is CSCC1CCCN1CCN. The van der Waals surface area contributed by atoms with Gasteiger partial charge in [0.1, 0.15) is 0 Å². The molecule has 1 fully saturated rings. The van der Waals surface area contributed by atoms with Crippen molar-refractivity contribution >= 4 is 11.8 Å². The van der Waals surface area contributed by atoms with Gasteiger partial charge in [-0.15, -0.1) is 0 Å². The second-order valence-corrected chi connectivity index (χ2v) is 3.99. The fraction of sp³-hybridized carbons (Fsp3) is 1.00. The van der Waals surface area contributed by atoms with Crippen LogP contribution in [0.5, 0.6) is 0 Å². The fourth-order valence-electron chi connectivity index (χ4n) is 1.74. The molecular weight excluding hydrogens is 156 g/mol. The van der Waals surface area contributed by atoms with Crippen molar-refractivity contribution in [3.05, 3.63) is 0 Å². The Morgan fingerprint density at radius 2 is 2.45 bits per heavy atom. The van der Waals surface area contributed by atoms with Gasteiger partial charge in [-0.1, -0.05) is 0 Å². The van der Waals surface area contributed by atoms with E-state index in [0.717, 1.165) is 19.1 Å². The molecule has 0 aromatic heterocycles. The topological polar surface area (TPSA) is 29.3 Å². The predicted molar refractivity (Wildman–Crippen MR) is 52.0 cm³/mol. The zero-order valence-electron chi connectivity index (χ0n) is 7.25. The highest BCUT2D eigenvalue weighted by Gasteiger charge is 2.22. The summed E-state index contributed by atoms with van der Waals surface area (Å²) < 4.78 is 0.